The van der Waals surface area contributed by atoms with Crippen molar-refractivity contribution in [1.82, 2.24) is 0 Å². The van der Waals surface area contributed by atoms with Gasteiger partial charge in [-0.2, -0.15) is 0 Å². The van der Waals surface area contributed by atoms with Gasteiger partial charge in [-0.05, 0) is 71.6 Å². The fourth-order valence-corrected chi connectivity index (χ4v) is 8.85. The van der Waals surface area contributed by atoms with Crippen molar-refractivity contribution in [2.24, 2.45) is 29.6 Å². The van der Waals surface area contributed by atoms with Gasteiger partial charge in [-0.1, -0.05) is 65.7 Å². The van der Waals surface area contributed by atoms with Gasteiger partial charge in [-0.3, -0.25) is 0 Å². The Bertz CT molecular complexity index is 1240. The number of hydrogen-bond acceptors (Lipinski definition) is 11. The number of aliphatic hydroxyl groups is 6. The first-order valence-electron chi connectivity index (χ1n) is 20.5. The van der Waals surface area contributed by atoms with Crippen molar-refractivity contribution in [2.45, 2.75) is 204 Å². The highest BCUT2D eigenvalue weighted by molar-refractivity contribution is 5.82. The molecule has 0 aromatic rings. The minimum absolute atomic E-state index is 0.0984. The van der Waals surface area contributed by atoms with E-state index in [-0.39, 0.29) is 43.1 Å². The number of ether oxygens (including phenoxy) is 4. The average molecular weight is 753 g/mol. The molecule has 0 radical (unpaired) electrons. The predicted octanol–water partition coefficient (Wildman–Crippen LogP) is 5.46. The van der Waals surface area contributed by atoms with Crippen molar-refractivity contribution in [3.8, 4) is 0 Å². The molecule has 0 aromatic carbocycles. The molecular formula is C42H72O11. The zero-order chi connectivity index (χ0) is 39.4. The lowest BCUT2D eigenvalue weighted by atomic mass is 9.79. The second kappa shape index (κ2) is 18.2. The van der Waals surface area contributed by atoms with Gasteiger partial charge in [0.25, 0.3) is 0 Å². The Morgan fingerprint density at radius 2 is 1.60 bits per heavy atom. The molecule has 4 rings (SSSR count). The molecule has 4 heterocycles. The van der Waals surface area contributed by atoms with Crippen LogP contribution in [-0.2, 0) is 23.7 Å². The number of carbonyl (C=O) groups excluding carboxylic acids is 1. The summed E-state index contributed by atoms with van der Waals surface area (Å²) in [6, 6.07) is 0. The monoisotopic (exact) mass is 753 g/mol. The van der Waals surface area contributed by atoms with Gasteiger partial charge < -0.3 is 49.6 Å². The van der Waals surface area contributed by atoms with Crippen molar-refractivity contribution in [1.29, 1.82) is 0 Å². The Morgan fingerprint density at radius 1 is 0.887 bits per heavy atom. The van der Waals surface area contributed by atoms with Gasteiger partial charge in [0.15, 0.2) is 11.6 Å². The van der Waals surface area contributed by atoms with Gasteiger partial charge in [-0.15, -0.1) is 0 Å². The lowest BCUT2D eigenvalue weighted by Crippen LogP contribution is -2.59. The van der Waals surface area contributed by atoms with Crippen LogP contribution < -0.4 is 0 Å². The fraction of sp³-hybridized carbons (Fsp3) is 0.881. The average Bonchev–Trinajstić information content (AvgIpc) is 3.32. The Morgan fingerprint density at radius 3 is 2.30 bits per heavy atom. The highest BCUT2D eigenvalue weighted by atomic mass is 16.7. The van der Waals surface area contributed by atoms with Gasteiger partial charge >= 0.3 is 5.97 Å². The van der Waals surface area contributed by atoms with Crippen molar-refractivity contribution < 1.29 is 54.4 Å². The van der Waals surface area contributed by atoms with Gasteiger partial charge in [0.05, 0.1) is 47.8 Å². The zero-order valence-corrected chi connectivity index (χ0v) is 33.7. The smallest absolute Gasteiger partial charge is 0.330 e. The maximum Gasteiger partial charge on any atom is 0.330 e. The Balaban J connectivity index is 1.64. The van der Waals surface area contributed by atoms with Gasteiger partial charge in [0, 0.05) is 55.4 Å². The molecule has 3 fully saturated rings. The molecule has 0 aromatic heterocycles. The van der Waals surface area contributed by atoms with Crippen molar-refractivity contribution in [3.63, 3.8) is 0 Å². The Hall–Kier alpha value is -1.41. The molecule has 11 heteroatoms. The second-order valence-corrected chi connectivity index (χ2v) is 18.1. The van der Waals surface area contributed by atoms with Crippen molar-refractivity contribution >= 4 is 5.97 Å². The van der Waals surface area contributed by atoms with Crippen LogP contribution in [-0.4, -0.2) is 102 Å². The van der Waals surface area contributed by atoms with Crippen LogP contribution in [0.2, 0.25) is 0 Å². The van der Waals surface area contributed by atoms with Crippen molar-refractivity contribution in [2.75, 3.05) is 0 Å². The van der Waals surface area contributed by atoms with E-state index in [2.05, 4.69) is 13.0 Å². The van der Waals surface area contributed by atoms with Crippen LogP contribution >= 0.6 is 0 Å². The number of esters is 1. The summed E-state index contributed by atoms with van der Waals surface area (Å²) in [6.07, 6.45) is 8.61. The van der Waals surface area contributed by atoms with Gasteiger partial charge in [0.1, 0.15) is 6.10 Å². The van der Waals surface area contributed by atoms with E-state index in [1.54, 1.807) is 26.8 Å². The largest absolute Gasteiger partial charge is 0.459 e. The minimum Gasteiger partial charge on any atom is -0.459 e. The fourth-order valence-electron chi connectivity index (χ4n) is 8.85. The zero-order valence-electron chi connectivity index (χ0n) is 33.7. The van der Waals surface area contributed by atoms with E-state index in [0.717, 1.165) is 25.7 Å². The van der Waals surface area contributed by atoms with Crippen LogP contribution in [0.4, 0.5) is 0 Å². The lowest BCUT2D eigenvalue weighted by Gasteiger charge is -2.52. The van der Waals surface area contributed by atoms with Gasteiger partial charge in [0.2, 0.25) is 0 Å². The van der Waals surface area contributed by atoms with E-state index >= 15 is 0 Å². The Labute approximate surface area is 318 Å². The summed E-state index contributed by atoms with van der Waals surface area (Å²) in [7, 11) is 0. The SMILES string of the molecule is CCC(O)CC1OC2(CCC1C)CC1OC(=O)/C=C/C(C)C(O)C(C)C(O)CC(O)C(C)(O)CCCCC/C=C/C3CC(C)(C)OC3(O)CC(O2)C1C. The molecule has 2 bridgehead atoms. The molecule has 53 heavy (non-hydrogen) atoms. The molecule has 0 amide bonds. The predicted molar refractivity (Wildman–Crippen MR) is 201 cm³/mol. The topological polar surface area (TPSA) is 175 Å². The molecule has 15 atom stereocenters. The third-order valence-electron chi connectivity index (χ3n) is 12.8. The van der Waals surface area contributed by atoms with E-state index in [0.29, 0.717) is 38.5 Å². The summed E-state index contributed by atoms with van der Waals surface area (Å²) in [4.78, 5) is 13.5. The molecule has 0 saturated carbocycles. The molecule has 11 nitrogen and oxygen atoms in total. The first-order valence-corrected chi connectivity index (χ1v) is 20.5. The van der Waals surface area contributed by atoms with Gasteiger partial charge in [-0.25, -0.2) is 4.79 Å². The van der Waals surface area contributed by atoms with Crippen LogP contribution in [0.3, 0.4) is 0 Å². The lowest BCUT2D eigenvalue weighted by molar-refractivity contribution is -0.358. The number of carbonyl (C=O) groups is 1. The number of aliphatic hydroxyl groups excluding tert-OH is 4. The maximum atomic E-state index is 13.5. The first-order chi connectivity index (χ1) is 24.7. The summed E-state index contributed by atoms with van der Waals surface area (Å²) in [5.74, 6) is -4.82. The quantitative estimate of drug-likeness (QED) is 0.160. The molecule has 3 saturated heterocycles. The van der Waals surface area contributed by atoms with E-state index in [1.807, 2.05) is 33.8 Å². The molecule has 4 aliphatic rings. The molecule has 4 aliphatic heterocycles. The van der Waals surface area contributed by atoms with Crippen LogP contribution in [0.5, 0.6) is 0 Å². The van der Waals surface area contributed by atoms with Crippen LogP contribution in [0.1, 0.15) is 139 Å². The van der Waals surface area contributed by atoms with Crippen molar-refractivity contribution in [3.05, 3.63) is 24.3 Å². The number of allylic oxidation sites excluding steroid dienone is 1. The Kier molecular flexibility index (Phi) is 15.2. The number of rotatable bonds is 3. The molecular weight excluding hydrogens is 680 g/mol. The normalized spacial score (nSPS) is 47.1. The minimum atomic E-state index is -1.54. The van der Waals surface area contributed by atoms with E-state index in [4.69, 9.17) is 18.9 Å². The number of fused-ring (bicyclic) bond motifs is 3. The first kappa shape index (κ1) is 44.3. The molecule has 6 N–H and O–H groups in total. The van der Waals surface area contributed by atoms with E-state index in [1.165, 1.54) is 6.08 Å². The standard InChI is InChI=1S/C42H72O11/c1-9-31(43)21-33-26(2)18-20-41(51-33)24-34-29(5)35(52-41)25-42(49)30(23-39(6,7)53-42)15-13-11-10-12-14-19-40(8,48)36(45)22-32(44)28(4)38(47)27(3)16-17-37(46)50-34/h13,15-17,26-36,38,43-45,47-49H,9-12,14,18-25H2,1-8H3/b15-13+,17-16+. The summed E-state index contributed by atoms with van der Waals surface area (Å²) in [5.41, 5.74) is -1.99. The van der Waals surface area contributed by atoms with Crippen LogP contribution in [0.25, 0.3) is 0 Å². The number of hydrogen-bond donors (Lipinski definition) is 6. The molecule has 1 spiro atoms. The third kappa shape index (κ3) is 11.6. The molecule has 306 valence electrons. The maximum absolute atomic E-state index is 13.5. The second-order valence-electron chi connectivity index (χ2n) is 18.1. The summed E-state index contributed by atoms with van der Waals surface area (Å²) >= 11 is 0. The van der Waals surface area contributed by atoms with E-state index in [9.17, 15) is 35.4 Å². The summed E-state index contributed by atoms with van der Waals surface area (Å²) in [6.45, 7) is 15.0. The third-order valence-corrected chi connectivity index (χ3v) is 12.8. The van der Waals surface area contributed by atoms with Crippen LogP contribution in [0, 0.1) is 29.6 Å². The van der Waals surface area contributed by atoms with Crippen LogP contribution in [0.15, 0.2) is 24.3 Å². The summed E-state index contributed by atoms with van der Waals surface area (Å²) < 4.78 is 26.2. The van der Waals surface area contributed by atoms with E-state index < -0.39 is 77.2 Å². The molecule has 0 aliphatic carbocycles. The highest BCUT2D eigenvalue weighted by Crippen LogP contribution is 2.50. The summed E-state index contributed by atoms with van der Waals surface area (Å²) in [5, 5.41) is 66.7. The molecule has 15 unspecified atom stereocenters. The highest BCUT2D eigenvalue weighted by Gasteiger charge is 2.56.